The molecule has 3 atom stereocenters. The van der Waals surface area contributed by atoms with Crippen LogP contribution in [0, 0.1) is 0 Å². The number of H-pyrrole nitrogens is 1. The topological polar surface area (TPSA) is 159 Å². The second-order valence-corrected chi connectivity index (χ2v) is 9.52. The molecule has 1 aliphatic heterocycles. The molecule has 37 heavy (non-hydrogen) atoms. The summed E-state index contributed by atoms with van der Waals surface area (Å²) in [5, 5.41) is 28.1. The number of nitrogens with zero attached hydrogens (tertiary/aromatic N) is 2. The van der Waals surface area contributed by atoms with Crippen LogP contribution in [0.3, 0.4) is 0 Å². The van der Waals surface area contributed by atoms with Crippen molar-refractivity contribution in [2.24, 2.45) is 0 Å². The van der Waals surface area contributed by atoms with Gasteiger partial charge in [-0.25, -0.2) is 10.5 Å². The van der Waals surface area contributed by atoms with Gasteiger partial charge in [0.2, 0.25) is 11.8 Å². The maximum atomic E-state index is 12.1. The number of rotatable bonds is 11. The number of anilines is 1. The van der Waals surface area contributed by atoms with Gasteiger partial charge >= 0.3 is 0 Å². The van der Waals surface area contributed by atoms with Gasteiger partial charge in [0.25, 0.3) is 0 Å². The fraction of sp³-hybridized carbons (Fsp3) is 0.360. The van der Waals surface area contributed by atoms with Gasteiger partial charge in [-0.1, -0.05) is 48.2 Å². The molecular formula is C25H29N5O6S. The van der Waals surface area contributed by atoms with Crippen LogP contribution in [0.5, 0.6) is 0 Å². The molecule has 4 rings (SSSR count). The van der Waals surface area contributed by atoms with E-state index in [2.05, 4.69) is 20.5 Å². The number of aliphatic hydroxyl groups is 1. The minimum absolute atomic E-state index is 0.0190. The molecule has 0 unspecified atom stereocenters. The van der Waals surface area contributed by atoms with Gasteiger partial charge in [0.15, 0.2) is 11.4 Å². The van der Waals surface area contributed by atoms with Crippen molar-refractivity contribution in [1.29, 1.82) is 0 Å². The van der Waals surface area contributed by atoms with Crippen LogP contribution < -0.4 is 10.8 Å². The van der Waals surface area contributed by atoms with Gasteiger partial charge in [-0.3, -0.25) is 19.9 Å². The maximum Gasteiger partial charge on any atom is 0.243 e. The Labute approximate surface area is 217 Å². The molecule has 0 aliphatic carbocycles. The van der Waals surface area contributed by atoms with Gasteiger partial charge in [-0.05, 0) is 29.7 Å². The van der Waals surface area contributed by atoms with Crippen molar-refractivity contribution < 1.29 is 29.4 Å². The summed E-state index contributed by atoms with van der Waals surface area (Å²) in [7, 11) is 0. The Bertz CT molecular complexity index is 1140. The third-order valence-corrected chi connectivity index (χ3v) is 6.82. The lowest BCUT2D eigenvalue weighted by Crippen LogP contribution is -2.31. The third kappa shape index (κ3) is 7.84. The molecule has 1 saturated heterocycles. The van der Waals surface area contributed by atoms with Gasteiger partial charge in [0.05, 0.1) is 18.8 Å². The maximum absolute atomic E-state index is 12.1. The fourth-order valence-corrected chi connectivity index (χ4v) is 4.67. The van der Waals surface area contributed by atoms with E-state index in [-0.39, 0.29) is 37.6 Å². The van der Waals surface area contributed by atoms with Crippen LogP contribution in [-0.2, 0) is 25.7 Å². The van der Waals surface area contributed by atoms with E-state index >= 15 is 0 Å². The highest BCUT2D eigenvalue weighted by molar-refractivity contribution is 7.99. The van der Waals surface area contributed by atoms with Crippen LogP contribution in [0.1, 0.15) is 54.8 Å². The van der Waals surface area contributed by atoms with Crippen LogP contribution in [-0.4, -0.2) is 49.2 Å². The first-order chi connectivity index (χ1) is 18.0. The lowest BCUT2D eigenvalue weighted by atomic mass is 10.0. The quantitative estimate of drug-likeness (QED) is 0.143. The predicted octanol–water partition coefficient (Wildman–Crippen LogP) is 3.25. The molecule has 0 spiro atoms. The van der Waals surface area contributed by atoms with Gasteiger partial charge in [-0.2, -0.15) is 5.10 Å². The minimum Gasteiger partial charge on any atom is -0.392 e. The van der Waals surface area contributed by atoms with E-state index in [9.17, 15) is 14.7 Å². The van der Waals surface area contributed by atoms with Crippen molar-refractivity contribution in [3.8, 4) is 0 Å². The number of aromatic amines is 1. The zero-order valence-electron chi connectivity index (χ0n) is 20.0. The second kappa shape index (κ2) is 13.3. The van der Waals surface area contributed by atoms with Crippen LogP contribution in [0.15, 0.2) is 60.0 Å². The van der Waals surface area contributed by atoms with E-state index in [1.165, 1.54) is 18.1 Å². The highest BCUT2D eigenvalue weighted by Crippen LogP contribution is 2.39. The summed E-state index contributed by atoms with van der Waals surface area (Å²) in [5.74, 6) is -0.0905. The number of aliphatic hydroxyl groups excluding tert-OH is 1. The average Bonchev–Trinajstić information content (AvgIpc) is 3.46. The minimum atomic E-state index is -0.613. The van der Waals surface area contributed by atoms with Crippen molar-refractivity contribution in [2.45, 2.75) is 55.9 Å². The molecule has 0 radical (unpaired) electrons. The molecule has 0 bridgehead atoms. The molecule has 3 aromatic rings. The smallest absolute Gasteiger partial charge is 0.243 e. The lowest BCUT2D eigenvalue weighted by Gasteiger charge is -2.36. The molecule has 2 amide bonds. The second-order valence-electron chi connectivity index (χ2n) is 8.51. The van der Waals surface area contributed by atoms with Crippen LogP contribution >= 0.6 is 11.8 Å². The third-order valence-electron chi connectivity index (χ3n) is 5.81. The van der Waals surface area contributed by atoms with E-state index in [1.807, 2.05) is 36.4 Å². The SMILES string of the molecule is O=C(CCCC(=O)Nc1ccc([C@H]2O[C@@H](CSc3ncn[nH]3)C[C@@H](c3ccc(CO)cc3)O2)cc1)NO. The molecule has 0 saturated carbocycles. The van der Waals surface area contributed by atoms with Gasteiger partial charge < -0.3 is 19.9 Å². The van der Waals surface area contributed by atoms with Gasteiger partial charge in [-0.15, -0.1) is 0 Å². The Morgan fingerprint density at radius 2 is 1.76 bits per heavy atom. The molecule has 2 aromatic carbocycles. The summed E-state index contributed by atoms with van der Waals surface area (Å²) in [5.41, 5.74) is 4.81. The number of hydrogen-bond donors (Lipinski definition) is 5. The summed E-state index contributed by atoms with van der Waals surface area (Å²) in [6.07, 6.45) is 1.73. The predicted molar refractivity (Wildman–Crippen MR) is 134 cm³/mol. The van der Waals surface area contributed by atoms with Crippen molar-refractivity contribution in [3.63, 3.8) is 0 Å². The first kappa shape index (κ1) is 26.8. The number of aromatic nitrogens is 3. The lowest BCUT2D eigenvalue weighted by molar-refractivity contribution is -0.245. The Balaban J connectivity index is 1.41. The van der Waals surface area contributed by atoms with Gasteiger partial charge in [0.1, 0.15) is 6.33 Å². The van der Waals surface area contributed by atoms with Crippen molar-refractivity contribution in [1.82, 2.24) is 20.7 Å². The number of carbonyl (C=O) groups is 2. The number of nitrogens with one attached hydrogen (secondary N) is 3. The highest BCUT2D eigenvalue weighted by Gasteiger charge is 2.32. The standard InChI is InChI=1S/C25H29N5O6S/c31-13-16-4-6-17(7-5-16)21-12-20(14-37-25-26-15-27-29-25)35-24(36-21)18-8-10-19(11-9-18)28-22(32)2-1-3-23(33)30-34/h4-11,15,20-21,24,31,34H,1-3,12-14H2,(H,28,32)(H,30,33)(H,26,27,29)/t20-,21+,24+/m1/s1. The first-order valence-corrected chi connectivity index (χ1v) is 12.8. The largest absolute Gasteiger partial charge is 0.392 e. The molecule has 12 heteroatoms. The van der Waals surface area contributed by atoms with E-state index in [4.69, 9.17) is 14.7 Å². The summed E-state index contributed by atoms with van der Waals surface area (Å²) in [4.78, 5) is 27.4. The number of ether oxygens (including phenoxy) is 2. The number of amides is 2. The van der Waals surface area contributed by atoms with Gasteiger partial charge in [0, 0.05) is 36.3 Å². The van der Waals surface area contributed by atoms with E-state index in [0.29, 0.717) is 29.4 Å². The normalized spacial score (nSPS) is 19.4. The monoisotopic (exact) mass is 527 g/mol. The van der Waals surface area contributed by atoms with Crippen molar-refractivity contribution >= 4 is 29.3 Å². The number of thioether (sulfide) groups is 1. The van der Waals surface area contributed by atoms with E-state index in [0.717, 1.165) is 16.7 Å². The van der Waals surface area contributed by atoms with Crippen molar-refractivity contribution in [3.05, 3.63) is 71.5 Å². The molecule has 196 valence electrons. The van der Waals surface area contributed by atoms with Crippen LogP contribution in [0.25, 0.3) is 0 Å². The molecule has 11 nitrogen and oxygen atoms in total. The number of hydrogen-bond acceptors (Lipinski definition) is 9. The Kier molecular flexibility index (Phi) is 9.63. The average molecular weight is 528 g/mol. The summed E-state index contributed by atoms with van der Waals surface area (Å²) >= 11 is 1.52. The summed E-state index contributed by atoms with van der Waals surface area (Å²) in [6.45, 7) is -0.0190. The number of benzene rings is 2. The Morgan fingerprint density at radius 3 is 2.43 bits per heavy atom. The molecule has 1 fully saturated rings. The highest BCUT2D eigenvalue weighted by atomic mass is 32.2. The fourth-order valence-electron chi connectivity index (χ4n) is 3.87. The van der Waals surface area contributed by atoms with E-state index < -0.39 is 12.2 Å². The number of carbonyl (C=O) groups excluding carboxylic acids is 2. The zero-order valence-corrected chi connectivity index (χ0v) is 20.8. The first-order valence-electron chi connectivity index (χ1n) is 11.9. The molecule has 1 aliphatic rings. The van der Waals surface area contributed by atoms with E-state index in [1.54, 1.807) is 17.6 Å². The Morgan fingerprint density at radius 1 is 1.03 bits per heavy atom. The molecular weight excluding hydrogens is 498 g/mol. The van der Waals surface area contributed by atoms with Crippen LogP contribution in [0.2, 0.25) is 0 Å². The molecule has 1 aromatic heterocycles. The molecule has 5 N–H and O–H groups in total. The van der Waals surface area contributed by atoms with Crippen LogP contribution in [0.4, 0.5) is 5.69 Å². The summed E-state index contributed by atoms with van der Waals surface area (Å²) in [6, 6.07) is 14.9. The summed E-state index contributed by atoms with van der Waals surface area (Å²) < 4.78 is 12.6. The Hall–Kier alpha value is -3.29. The number of hydroxylamine groups is 1. The van der Waals surface area contributed by atoms with Crippen molar-refractivity contribution in [2.75, 3.05) is 11.1 Å². The molecule has 2 heterocycles. The zero-order chi connectivity index (χ0) is 26.0.